The van der Waals surface area contributed by atoms with Crippen LogP contribution in [0.1, 0.15) is 59.8 Å². The Hall–Kier alpha value is -0.0451. The molecule has 1 nitrogen and oxygen atoms in total. The monoisotopic (exact) mass is 277 g/mol. The van der Waals surface area contributed by atoms with E-state index in [0.29, 0.717) is 6.04 Å². The standard InChI is InChI=1S/C16H28BNS/c1-10(2)16-7-5-6-13-12(8-14(16)17-16)9-15(19)18(13)11(3)4/h10-14,17H,5-9H2,1-4H3. The summed E-state index contributed by atoms with van der Waals surface area (Å²) < 4.78 is 0. The van der Waals surface area contributed by atoms with Crippen molar-refractivity contribution in [1.29, 1.82) is 0 Å². The van der Waals surface area contributed by atoms with E-state index in [1.165, 1.54) is 44.4 Å². The minimum Gasteiger partial charge on any atom is -0.360 e. The van der Waals surface area contributed by atoms with Crippen LogP contribution in [-0.4, -0.2) is 29.3 Å². The molecule has 2 aliphatic heterocycles. The first-order valence-corrected chi connectivity index (χ1v) is 8.67. The lowest BCUT2D eigenvalue weighted by Crippen LogP contribution is -2.40. The van der Waals surface area contributed by atoms with Crippen LogP contribution in [0.3, 0.4) is 0 Å². The van der Waals surface area contributed by atoms with E-state index in [1.807, 2.05) is 0 Å². The molecular weight excluding hydrogens is 249 g/mol. The molecule has 3 rings (SSSR count). The summed E-state index contributed by atoms with van der Waals surface area (Å²) in [4.78, 5) is 3.83. The number of nitrogens with zero attached hydrogens (tertiary/aromatic N) is 1. The van der Waals surface area contributed by atoms with E-state index in [1.54, 1.807) is 0 Å². The first-order chi connectivity index (χ1) is 8.95. The highest BCUT2D eigenvalue weighted by Crippen LogP contribution is 2.69. The molecule has 3 fully saturated rings. The van der Waals surface area contributed by atoms with Gasteiger partial charge in [-0.05, 0) is 32.1 Å². The van der Waals surface area contributed by atoms with Gasteiger partial charge in [-0.2, -0.15) is 0 Å². The quantitative estimate of drug-likeness (QED) is 0.553. The lowest BCUT2D eigenvalue weighted by Gasteiger charge is -2.36. The molecule has 3 aliphatic rings. The zero-order chi connectivity index (χ0) is 13.8. The number of rotatable bonds is 2. The molecule has 0 aromatic carbocycles. The highest BCUT2D eigenvalue weighted by molar-refractivity contribution is 7.80. The molecule has 4 unspecified atom stereocenters. The van der Waals surface area contributed by atoms with Gasteiger partial charge in [0.1, 0.15) is 7.28 Å². The van der Waals surface area contributed by atoms with Gasteiger partial charge in [0.2, 0.25) is 0 Å². The molecule has 0 aromatic heterocycles. The second-order valence-corrected chi connectivity index (χ2v) is 8.31. The van der Waals surface area contributed by atoms with Crippen LogP contribution in [0, 0.1) is 11.8 Å². The summed E-state index contributed by atoms with van der Waals surface area (Å²) in [6.45, 7) is 9.50. The van der Waals surface area contributed by atoms with Crippen molar-refractivity contribution in [1.82, 2.24) is 4.90 Å². The Bertz CT molecular complexity index is 381. The van der Waals surface area contributed by atoms with Gasteiger partial charge in [-0.1, -0.05) is 56.5 Å². The Morgan fingerprint density at radius 1 is 1.32 bits per heavy atom. The molecule has 0 spiro atoms. The summed E-state index contributed by atoms with van der Waals surface area (Å²) in [7, 11) is 1.50. The highest BCUT2D eigenvalue weighted by Gasteiger charge is 2.58. The summed E-state index contributed by atoms with van der Waals surface area (Å²) in [6.07, 6.45) is 6.91. The normalized spacial score (nSPS) is 41.7. The van der Waals surface area contributed by atoms with E-state index >= 15 is 0 Å². The van der Waals surface area contributed by atoms with Crippen molar-refractivity contribution in [3.8, 4) is 0 Å². The van der Waals surface area contributed by atoms with Gasteiger partial charge in [0, 0.05) is 18.5 Å². The fourth-order valence-corrected chi connectivity index (χ4v) is 5.75. The van der Waals surface area contributed by atoms with Crippen LogP contribution in [0.5, 0.6) is 0 Å². The minimum absolute atomic E-state index is 0.594. The predicted octanol–water partition coefficient (Wildman–Crippen LogP) is 4.04. The average molecular weight is 277 g/mol. The molecule has 1 saturated carbocycles. The zero-order valence-electron chi connectivity index (χ0n) is 13.0. The lowest BCUT2D eigenvalue weighted by molar-refractivity contribution is 0.196. The first-order valence-electron chi connectivity index (χ1n) is 8.27. The summed E-state index contributed by atoms with van der Waals surface area (Å²) in [5.41, 5.74) is 0. The SMILES string of the molecule is CC(C)N1C(=S)CC2CC3BC3(C(C)C)CCCC21. The van der Waals surface area contributed by atoms with Gasteiger partial charge in [-0.15, -0.1) is 0 Å². The number of hydrogen-bond donors (Lipinski definition) is 0. The van der Waals surface area contributed by atoms with Crippen LogP contribution in [-0.2, 0) is 0 Å². The van der Waals surface area contributed by atoms with Crippen LogP contribution in [0.2, 0.25) is 11.1 Å². The molecule has 0 aromatic rings. The van der Waals surface area contributed by atoms with Crippen molar-refractivity contribution in [3.63, 3.8) is 0 Å². The molecule has 0 radical (unpaired) electrons. The Morgan fingerprint density at radius 3 is 2.68 bits per heavy atom. The van der Waals surface area contributed by atoms with Crippen LogP contribution in [0.15, 0.2) is 0 Å². The first kappa shape index (κ1) is 13.9. The largest absolute Gasteiger partial charge is 0.360 e. The predicted molar refractivity (Wildman–Crippen MR) is 88.4 cm³/mol. The zero-order valence-corrected chi connectivity index (χ0v) is 13.8. The van der Waals surface area contributed by atoms with E-state index in [0.717, 1.165) is 29.0 Å². The fourth-order valence-electron chi connectivity index (χ4n) is 5.19. The van der Waals surface area contributed by atoms with Crippen molar-refractivity contribution < 1.29 is 0 Å². The van der Waals surface area contributed by atoms with Gasteiger partial charge in [0.15, 0.2) is 0 Å². The molecule has 19 heavy (non-hydrogen) atoms. The third-order valence-corrected chi connectivity index (χ3v) is 6.72. The molecule has 106 valence electrons. The minimum atomic E-state index is 0.594. The number of fused-ring (bicyclic) bond motifs is 2. The summed E-state index contributed by atoms with van der Waals surface area (Å²) >= 11 is 5.68. The van der Waals surface area contributed by atoms with Crippen molar-refractivity contribution in [2.45, 2.75) is 83.0 Å². The smallest absolute Gasteiger partial charge is 0.131 e. The summed E-state index contributed by atoms with van der Waals surface area (Å²) in [5.74, 6) is 2.75. The van der Waals surface area contributed by atoms with Crippen molar-refractivity contribution >= 4 is 24.5 Å². The number of likely N-dealkylation sites (tertiary alicyclic amines) is 1. The second kappa shape index (κ2) is 4.75. The Morgan fingerprint density at radius 2 is 2.05 bits per heavy atom. The van der Waals surface area contributed by atoms with Gasteiger partial charge < -0.3 is 4.90 Å². The molecule has 0 amide bonds. The van der Waals surface area contributed by atoms with Crippen molar-refractivity contribution in [2.75, 3.05) is 0 Å². The van der Waals surface area contributed by atoms with E-state index in [4.69, 9.17) is 12.2 Å². The Kier molecular flexibility index (Phi) is 3.48. The van der Waals surface area contributed by atoms with E-state index in [2.05, 4.69) is 32.6 Å². The molecule has 0 N–H and O–H groups in total. The third kappa shape index (κ3) is 2.16. The van der Waals surface area contributed by atoms with Crippen molar-refractivity contribution in [3.05, 3.63) is 0 Å². The molecule has 2 saturated heterocycles. The molecule has 1 aliphatic carbocycles. The maximum atomic E-state index is 5.68. The van der Waals surface area contributed by atoms with E-state index < -0.39 is 0 Å². The molecule has 0 bridgehead atoms. The maximum Gasteiger partial charge on any atom is 0.131 e. The molecule has 3 heteroatoms. The van der Waals surface area contributed by atoms with Gasteiger partial charge in [-0.25, -0.2) is 0 Å². The summed E-state index contributed by atoms with van der Waals surface area (Å²) in [6, 6.07) is 1.36. The topological polar surface area (TPSA) is 3.24 Å². The van der Waals surface area contributed by atoms with Gasteiger partial charge >= 0.3 is 0 Å². The van der Waals surface area contributed by atoms with E-state index in [-0.39, 0.29) is 0 Å². The molecule has 2 heterocycles. The van der Waals surface area contributed by atoms with Crippen LogP contribution in [0.4, 0.5) is 0 Å². The van der Waals surface area contributed by atoms with Gasteiger partial charge in [0.05, 0.1) is 4.99 Å². The number of thiocarbonyl (C=S) groups is 1. The van der Waals surface area contributed by atoms with Gasteiger partial charge in [-0.3, -0.25) is 0 Å². The molecule has 4 atom stereocenters. The van der Waals surface area contributed by atoms with Crippen LogP contribution < -0.4 is 0 Å². The Balaban J connectivity index is 1.76. The van der Waals surface area contributed by atoms with E-state index in [9.17, 15) is 0 Å². The van der Waals surface area contributed by atoms with Crippen LogP contribution >= 0.6 is 12.2 Å². The van der Waals surface area contributed by atoms with Gasteiger partial charge in [0.25, 0.3) is 0 Å². The second-order valence-electron chi connectivity index (χ2n) is 7.84. The summed E-state index contributed by atoms with van der Waals surface area (Å²) in [5, 5.41) is 0.720. The molecular formula is C16H28BNS. The average Bonchev–Trinajstić information content (AvgIpc) is 2.87. The maximum absolute atomic E-state index is 5.68. The Labute approximate surface area is 124 Å². The van der Waals surface area contributed by atoms with Crippen LogP contribution in [0.25, 0.3) is 0 Å². The highest BCUT2D eigenvalue weighted by atomic mass is 32.1. The number of hydrogen-bond acceptors (Lipinski definition) is 1. The third-order valence-electron chi connectivity index (χ3n) is 6.34. The fraction of sp³-hybridized carbons (Fsp3) is 0.938. The lowest BCUT2D eigenvalue weighted by atomic mass is 9.74. The van der Waals surface area contributed by atoms with Crippen molar-refractivity contribution in [2.24, 2.45) is 11.8 Å².